The average molecular weight is 250 g/mol. The second kappa shape index (κ2) is 4.94. The highest BCUT2D eigenvalue weighted by atomic mass is 35.5. The summed E-state index contributed by atoms with van der Waals surface area (Å²) >= 11 is 6.20. The summed E-state index contributed by atoms with van der Waals surface area (Å²) in [6, 6.07) is 9.90. The van der Waals surface area contributed by atoms with Gasteiger partial charge in [0.25, 0.3) is 0 Å². The molecule has 1 atom stereocenters. The maximum atomic E-state index is 9.63. The van der Waals surface area contributed by atoms with Crippen molar-refractivity contribution in [2.75, 3.05) is 0 Å². The van der Waals surface area contributed by atoms with Crippen LogP contribution in [0.25, 0.3) is 0 Å². The molecular weight excluding hydrogens is 234 g/mol. The van der Waals surface area contributed by atoms with Gasteiger partial charge in [-0.3, -0.25) is 0 Å². The number of hydrogen-bond acceptors (Lipinski definition) is 1. The molecule has 0 saturated heterocycles. The maximum absolute atomic E-state index is 9.63. The van der Waals surface area contributed by atoms with E-state index in [2.05, 4.69) is 0 Å². The number of rotatable bonds is 3. The van der Waals surface area contributed by atoms with Gasteiger partial charge in [0.1, 0.15) is 0 Å². The van der Waals surface area contributed by atoms with Gasteiger partial charge in [0.05, 0.1) is 6.10 Å². The molecule has 0 aliphatic rings. The number of aryl methyl sites for hydroxylation is 1. The number of aliphatic hydroxyl groups is 1. The number of benzene rings is 1. The first-order valence-corrected chi connectivity index (χ1v) is 6.04. The Morgan fingerprint density at radius 1 is 1.35 bits per heavy atom. The van der Waals surface area contributed by atoms with Gasteiger partial charge in [0, 0.05) is 23.5 Å². The molecule has 2 nitrogen and oxygen atoms in total. The SMILES string of the molecule is Cc1ccc(Cn2cccc2C(C)O)c(Cl)c1. The first kappa shape index (κ1) is 12.2. The van der Waals surface area contributed by atoms with Gasteiger partial charge in [-0.1, -0.05) is 23.7 Å². The Morgan fingerprint density at radius 2 is 2.12 bits per heavy atom. The quantitative estimate of drug-likeness (QED) is 0.884. The van der Waals surface area contributed by atoms with Crippen LogP contribution < -0.4 is 0 Å². The molecule has 0 aliphatic carbocycles. The van der Waals surface area contributed by atoms with Crippen LogP contribution in [0.1, 0.15) is 29.8 Å². The third-order valence-electron chi connectivity index (χ3n) is 2.84. The Labute approximate surface area is 106 Å². The monoisotopic (exact) mass is 249 g/mol. The summed E-state index contributed by atoms with van der Waals surface area (Å²) < 4.78 is 2.02. The summed E-state index contributed by atoms with van der Waals surface area (Å²) in [5.74, 6) is 0. The first-order chi connectivity index (χ1) is 8.08. The van der Waals surface area contributed by atoms with Crippen molar-refractivity contribution in [2.24, 2.45) is 0 Å². The van der Waals surface area contributed by atoms with Crippen LogP contribution in [-0.4, -0.2) is 9.67 Å². The highest BCUT2D eigenvalue weighted by Crippen LogP contribution is 2.21. The lowest BCUT2D eigenvalue weighted by molar-refractivity contribution is 0.190. The Morgan fingerprint density at radius 3 is 2.76 bits per heavy atom. The summed E-state index contributed by atoms with van der Waals surface area (Å²) in [6.07, 6.45) is 1.49. The number of aromatic nitrogens is 1. The molecule has 0 amide bonds. The van der Waals surface area contributed by atoms with Crippen LogP contribution in [0.2, 0.25) is 5.02 Å². The van der Waals surface area contributed by atoms with Gasteiger partial charge in [0.2, 0.25) is 0 Å². The second-order valence-electron chi connectivity index (χ2n) is 4.33. The summed E-state index contributed by atoms with van der Waals surface area (Å²) in [5.41, 5.74) is 3.12. The lowest BCUT2D eigenvalue weighted by atomic mass is 10.1. The smallest absolute Gasteiger partial charge is 0.0911 e. The molecule has 2 rings (SSSR count). The fourth-order valence-electron chi connectivity index (χ4n) is 1.91. The van der Waals surface area contributed by atoms with Crippen molar-refractivity contribution in [3.05, 3.63) is 58.4 Å². The van der Waals surface area contributed by atoms with Crippen molar-refractivity contribution in [1.82, 2.24) is 4.57 Å². The van der Waals surface area contributed by atoms with E-state index in [0.29, 0.717) is 6.54 Å². The van der Waals surface area contributed by atoms with Crippen LogP contribution in [-0.2, 0) is 6.54 Å². The number of hydrogen-bond donors (Lipinski definition) is 1. The van der Waals surface area contributed by atoms with E-state index in [1.807, 2.05) is 48.0 Å². The maximum Gasteiger partial charge on any atom is 0.0911 e. The molecule has 2 aromatic rings. The molecule has 17 heavy (non-hydrogen) atoms. The fraction of sp³-hybridized carbons (Fsp3) is 0.286. The summed E-state index contributed by atoms with van der Waals surface area (Å²) in [6.45, 7) is 4.47. The molecule has 0 aliphatic heterocycles. The van der Waals surface area contributed by atoms with Crippen molar-refractivity contribution in [3.63, 3.8) is 0 Å². The van der Waals surface area contributed by atoms with E-state index < -0.39 is 6.10 Å². The van der Waals surface area contributed by atoms with Crippen LogP contribution in [0.15, 0.2) is 36.5 Å². The van der Waals surface area contributed by atoms with E-state index >= 15 is 0 Å². The van der Waals surface area contributed by atoms with Gasteiger partial charge >= 0.3 is 0 Å². The first-order valence-electron chi connectivity index (χ1n) is 5.66. The zero-order valence-corrected chi connectivity index (χ0v) is 10.8. The minimum absolute atomic E-state index is 0.464. The molecule has 0 bridgehead atoms. The predicted molar refractivity (Wildman–Crippen MR) is 70.4 cm³/mol. The number of nitrogens with zero attached hydrogens (tertiary/aromatic N) is 1. The lowest BCUT2D eigenvalue weighted by Crippen LogP contribution is -2.06. The van der Waals surface area contributed by atoms with E-state index in [9.17, 15) is 5.11 Å². The standard InChI is InChI=1S/C14H16ClNO/c1-10-5-6-12(13(15)8-10)9-16-7-3-4-14(16)11(2)17/h3-8,11,17H,9H2,1-2H3. The zero-order chi connectivity index (χ0) is 12.4. The van der Waals surface area contributed by atoms with Crippen LogP contribution in [0.5, 0.6) is 0 Å². The topological polar surface area (TPSA) is 25.2 Å². The van der Waals surface area contributed by atoms with Crippen LogP contribution >= 0.6 is 11.6 Å². The van der Waals surface area contributed by atoms with E-state index in [0.717, 1.165) is 21.8 Å². The van der Waals surface area contributed by atoms with Crippen LogP contribution in [0.3, 0.4) is 0 Å². The van der Waals surface area contributed by atoms with Gasteiger partial charge in [0.15, 0.2) is 0 Å². The molecule has 0 spiro atoms. The molecule has 1 unspecified atom stereocenters. The Bertz CT molecular complexity index is 517. The second-order valence-corrected chi connectivity index (χ2v) is 4.74. The predicted octanol–water partition coefficient (Wildman–Crippen LogP) is 3.55. The third kappa shape index (κ3) is 2.71. The van der Waals surface area contributed by atoms with E-state index in [-0.39, 0.29) is 0 Å². The van der Waals surface area contributed by atoms with E-state index in [1.54, 1.807) is 6.92 Å². The molecule has 0 fully saturated rings. The molecule has 1 N–H and O–H groups in total. The average Bonchev–Trinajstić information content (AvgIpc) is 2.70. The summed E-state index contributed by atoms with van der Waals surface area (Å²) in [7, 11) is 0. The van der Waals surface area contributed by atoms with Crippen molar-refractivity contribution >= 4 is 11.6 Å². The molecule has 90 valence electrons. The number of aliphatic hydroxyl groups excluding tert-OH is 1. The number of halogens is 1. The Kier molecular flexibility index (Phi) is 3.55. The molecule has 1 aromatic heterocycles. The molecule has 1 heterocycles. The molecule has 3 heteroatoms. The minimum atomic E-state index is -0.464. The van der Waals surface area contributed by atoms with Gasteiger partial charge < -0.3 is 9.67 Å². The normalized spacial score (nSPS) is 12.7. The van der Waals surface area contributed by atoms with Crippen molar-refractivity contribution < 1.29 is 5.11 Å². The van der Waals surface area contributed by atoms with Crippen molar-refractivity contribution in [2.45, 2.75) is 26.5 Å². The highest BCUT2D eigenvalue weighted by molar-refractivity contribution is 6.31. The van der Waals surface area contributed by atoms with Crippen molar-refractivity contribution in [1.29, 1.82) is 0 Å². The molecular formula is C14H16ClNO. The Balaban J connectivity index is 2.28. The van der Waals surface area contributed by atoms with Crippen molar-refractivity contribution in [3.8, 4) is 0 Å². The van der Waals surface area contributed by atoms with Gasteiger partial charge in [-0.2, -0.15) is 0 Å². The van der Waals surface area contributed by atoms with Crippen LogP contribution in [0.4, 0.5) is 0 Å². The fourth-order valence-corrected chi connectivity index (χ4v) is 2.21. The molecule has 0 saturated carbocycles. The summed E-state index contributed by atoms with van der Waals surface area (Å²) in [5, 5.41) is 10.4. The van der Waals surface area contributed by atoms with Gasteiger partial charge in [-0.15, -0.1) is 0 Å². The Hall–Kier alpha value is -1.25. The largest absolute Gasteiger partial charge is 0.387 e. The molecule has 0 radical (unpaired) electrons. The van der Waals surface area contributed by atoms with Crippen LogP contribution in [0, 0.1) is 6.92 Å². The van der Waals surface area contributed by atoms with Gasteiger partial charge in [-0.05, 0) is 43.2 Å². The van der Waals surface area contributed by atoms with E-state index in [1.165, 1.54) is 0 Å². The molecule has 1 aromatic carbocycles. The van der Waals surface area contributed by atoms with Gasteiger partial charge in [-0.25, -0.2) is 0 Å². The lowest BCUT2D eigenvalue weighted by Gasteiger charge is -2.12. The third-order valence-corrected chi connectivity index (χ3v) is 3.19. The zero-order valence-electron chi connectivity index (χ0n) is 10.0. The van der Waals surface area contributed by atoms with E-state index in [4.69, 9.17) is 11.6 Å². The highest BCUT2D eigenvalue weighted by Gasteiger charge is 2.08. The summed E-state index contributed by atoms with van der Waals surface area (Å²) in [4.78, 5) is 0. The minimum Gasteiger partial charge on any atom is -0.387 e.